The average molecular weight is 97.2 g/mol. The highest BCUT2D eigenvalue weighted by atomic mass is 32.1. The van der Waals surface area contributed by atoms with Crippen LogP contribution in [0.3, 0.4) is 0 Å². The molecule has 0 aliphatic heterocycles. The van der Waals surface area contributed by atoms with Crippen LogP contribution in [0.5, 0.6) is 0 Å². The Kier molecular flexibility index (Phi) is 22.9. The van der Waals surface area contributed by atoms with Crippen molar-refractivity contribution < 1.29 is 4.21 Å². The molecule has 4 heavy (non-hydrogen) atoms. The fraction of sp³-hybridized carbons (Fsp3) is 0. The fourth-order valence-electron chi connectivity index (χ4n) is 0. The van der Waals surface area contributed by atoms with Crippen molar-refractivity contribution in [1.82, 2.24) is 0 Å². The summed E-state index contributed by atoms with van der Waals surface area (Å²) in [7, 11) is 0. The maximum absolute atomic E-state index is 8.62. The van der Waals surface area contributed by atoms with E-state index < -0.39 is 11.5 Å². The minimum atomic E-state index is -0.917. The van der Waals surface area contributed by atoms with Crippen molar-refractivity contribution in [1.29, 1.82) is 4.78 Å². The number of hydrogen-bond donors (Lipinski definition) is 1. The van der Waals surface area contributed by atoms with Crippen molar-refractivity contribution >= 4 is 25.0 Å². The summed E-state index contributed by atoms with van der Waals surface area (Å²) in [5.41, 5.74) is 0. The standard InChI is InChI=1S/H3NOS.S/c1-3-2;/h1H,3H2;. The molecule has 0 atom stereocenters. The van der Waals surface area contributed by atoms with Gasteiger partial charge in [-0.2, -0.15) is 0 Å². The highest BCUT2D eigenvalue weighted by Gasteiger charge is 0.893. The molecular weight excluding hydrogens is 94.1 g/mol. The van der Waals surface area contributed by atoms with E-state index >= 15 is 0 Å². The van der Waals surface area contributed by atoms with E-state index in [0.717, 1.165) is 0 Å². The van der Waals surface area contributed by atoms with Crippen molar-refractivity contribution in [3.63, 3.8) is 0 Å². The Morgan fingerprint density at radius 1 is 1.75 bits per heavy atom. The predicted molar refractivity (Wildman–Crippen MR) is 21.2 cm³/mol. The Balaban J connectivity index is 0. The van der Waals surface area contributed by atoms with Gasteiger partial charge < -0.3 is 0 Å². The van der Waals surface area contributed by atoms with Crippen molar-refractivity contribution in [2.75, 3.05) is 0 Å². The quantitative estimate of drug-likeness (QED) is 0.456. The highest BCUT2D eigenvalue weighted by molar-refractivity contribution is 7.59. The van der Waals surface area contributed by atoms with Crippen LogP contribution < -0.4 is 0 Å². The summed E-state index contributed by atoms with van der Waals surface area (Å²) >= 11 is -0.917. The van der Waals surface area contributed by atoms with Crippen molar-refractivity contribution in [2.24, 2.45) is 0 Å². The van der Waals surface area contributed by atoms with Crippen LogP contribution in [0.1, 0.15) is 0 Å². The van der Waals surface area contributed by atoms with E-state index in [4.69, 9.17) is 8.99 Å². The molecule has 0 heterocycles. The van der Waals surface area contributed by atoms with Gasteiger partial charge in [0.05, 0.1) is 0 Å². The molecule has 0 amide bonds. The second kappa shape index (κ2) is 10.3. The normalized spacial score (nSPS) is 7.00. The molecule has 0 aromatic carbocycles. The minimum Gasteiger partial charge on any atom is -0.258 e. The summed E-state index contributed by atoms with van der Waals surface area (Å²) in [6, 6.07) is 0. The van der Waals surface area contributed by atoms with E-state index in [2.05, 4.69) is 0 Å². The molecule has 2 radical (unpaired) electrons. The molecule has 0 fully saturated rings. The molecule has 26 valence electrons. The van der Waals surface area contributed by atoms with Crippen molar-refractivity contribution in [3.8, 4) is 0 Å². The number of nitrogens with one attached hydrogen (secondary N) is 1. The second-order valence-electron chi connectivity index (χ2n) is 0.102. The van der Waals surface area contributed by atoms with Crippen LogP contribution in [0.2, 0.25) is 0 Å². The molecule has 0 unspecified atom stereocenters. The van der Waals surface area contributed by atoms with Gasteiger partial charge in [-0.25, -0.2) is 0 Å². The lowest BCUT2D eigenvalue weighted by molar-refractivity contribution is 0.697. The van der Waals surface area contributed by atoms with E-state index in [-0.39, 0.29) is 13.5 Å². The van der Waals surface area contributed by atoms with Gasteiger partial charge in [-0.15, -0.1) is 0 Å². The zero-order chi connectivity index (χ0) is 2.71. The third kappa shape index (κ3) is 43.2. The zero-order valence-electron chi connectivity index (χ0n) is 1.82. The fourth-order valence-corrected chi connectivity index (χ4v) is 0. The van der Waals surface area contributed by atoms with Crippen LogP contribution in [0.15, 0.2) is 0 Å². The van der Waals surface area contributed by atoms with Gasteiger partial charge in [-0.05, 0) is 0 Å². The van der Waals surface area contributed by atoms with Gasteiger partial charge in [0, 0.05) is 25.0 Å². The van der Waals surface area contributed by atoms with Crippen molar-refractivity contribution in [2.45, 2.75) is 0 Å². The van der Waals surface area contributed by atoms with Gasteiger partial charge in [0.25, 0.3) is 0 Å². The molecule has 1 N–H and O–H groups in total. The SMILES string of the molecule is N=[SH2]=O.[S]. The molecule has 0 aromatic rings. The van der Waals surface area contributed by atoms with E-state index in [9.17, 15) is 0 Å². The maximum Gasteiger partial charge on any atom is 0.0218 e. The van der Waals surface area contributed by atoms with E-state index in [1.165, 1.54) is 0 Å². The Morgan fingerprint density at radius 2 is 1.75 bits per heavy atom. The van der Waals surface area contributed by atoms with Gasteiger partial charge in [-0.1, -0.05) is 0 Å². The molecule has 0 bridgehead atoms. The van der Waals surface area contributed by atoms with E-state index in [0.29, 0.717) is 0 Å². The molecule has 0 aromatic heterocycles. The Hall–Kier alpha value is 0.300. The lowest BCUT2D eigenvalue weighted by Gasteiger charge is -1.13. The molecule has 4 heteroatoms. The zero-order valence-corrected chi connectivity index (χ0v) is 3.63. The first-order valence-corrected chi connectivity index (χ1v) is 1.36. The predicted octanol–water partition coefficient (Wildman–Crippen LogP) is 0.0746. The summed E-state index contributed by atoms with van der Waals surface area (Å²) in [6.45, 7) is 0. The Labute approximate surface area is 34.7 Å². The van der Waals surface area contributed by atoms with Crippen LogP contribution in [0.4, 0.5) is 0 Å². The summed E-state index contributed by atoms with van der Waals surface area (Å²) < 4.78 is 14.3. The first-order valence-electron chi connectivity index (χ1n) is 0.454. The molecule has 0 rings (SSSR count). The lowest BCUT2D eigenvalue weighted by atomic mass is 14.0. The molecule has 0 saturated carbocycles. The third-order valence-electron chi connectivity index (χ3n) is 0. The topological polar surface area (TPSA) is 40.9 Å². The largest absolute Gasteiger partial charge is 0.258 e. The first kappa shape index (κ1) is 8.85. The van der Waals surface area contributed by atoms with Gasteiger partial charge in [0.1, 0.15) is 0 Å². The van der Waals surface area contributed by atoms with E-state index in [1.807, 2.05) is 0 Å². The average Bonchev–Trinajstić information content (AvgIpc) is 0.918. The molecule has 0 aliphatic rings. The molecule has 0 aliphatic carbocycles. The van der Waals surface area contributed by atoms with Gasteiger partial charge in [-0.3, -0.25) is 8.99 Å². The first-order chi connectivity index (χ1) is 1.41. The maximum atomic E-state index is 8.62. The number of rotatable bonds is 0. The monoisotopic (exact) mass is 97.0 g/mol. The molecular formula is H3NOS2. The molecule has 0 spiro atoms. The van der Waals surface area contributed by atoms with Crippen LogP contribution >= 0.6 is 13.5 Å². The summed E-state index contributed by atoms with van der Waals surface area (Å²) in [5.74, 6) is 0. The van der Waals surface area contributed by atoms with Crippen LogP contribution in [0, 0.1) is 4.78 Å². The third-order valence-corrected chi connectivity index (χ3v) is 0. The lowest BCUT2D eigenvalue weighted by Crippen LogP contribution is -1.09. The highest BCUT2D eigenvalue weighted by Crippen LogP contribution is 0.958. The Bertz CT molecular complexity index is 27.0. The summed E-state index contributed by atoms with van der Waals surface area (Å²) in [6.07, 6.45) is 0. The smallest absolute Gasteiger partial charge is 0.0218 e. The van der Waals surface area contributed by atoms with Crippen LogP contribution in [0.25, 0.3) is 0 Å². The summed E-state index contributed by atoms with van der Waals surface area (Å²) in [5, 5.41) is 0. The van der Waals surface area contributed by atoms with Gasteiger partial charge >= 0.3 is 0 Å². The Morgan fingerprint density at radius 3 is 1.75 bits per heavy atom. The van der Waals surface area contributed by atoms with Crippen LogP contribution in [-0.4, -0.2) is 4.21 Å². The van der Waals surface area contributed by atoms with Gasteiger partial charge in [0.15, 0.2) is 0 Å². The van der Waals surface area contributed by atoms with Crippen LogP contribution in [-0.2, 0) is 11.5 Å². The second-order valence-corrected chi connectivity index (χ2v) is 0.306. The molecule has 2 nitrogen and oxygen atoms in total. The molecule has 0 saturated heterocycles. The number of hydrogen-bond acceptors (Lipinski definition) is 2. The summed E-state index contributed by atoms with van der Waals surface area (Å²) in [4.78, 5) is 0. The van der Waals surface area contributed by atoms with E-state index in [1.54, 1.807) is 0 Å². The van der Waals surface area contributed by atoms with Crippen molar-refractivity contribution in [3.05, 3.63) is 0 Å². The van der Waals surface area contributed by atoms with Gasteiger partial charge in [0.2, 0.25) is 0 Å². The minimum absolute atomic E-state index is 0.